The van der Waals surface area contributed by atoms with E-state index in [1.165, 1.54) is 44.5 Å². The van der Waals surface area contributed by atoms with Crippen molar-refractivity contribution in [2.24, 2.45) is 7.05 Å². The Morgan fingerprint density at radius 1 is 1.15 bits per heavy atom. The van der Waals surface area contributed by atoms with Gasteiger partial charge in [-0.05, 0) is 31.7 Å². The third-order valence-electron chi connectivity index (χ3n) is 5.39. The zero-order chi connectivity index (χ0) is 17.8. The highest BCUT2D eigenvalue weighted by molar-refractivity contribution is 7.08. The fraction of sp³-hybridized carbons (Fsp3) is 0.286. The molecule has 0 radical (unpaired) electrons. The summed E-state index contributed by atoms with van der Waals surface area (Å²) < 4.78 is 4.37. The van der Waals surface area contributed by atoms with Gasteiger partial charge in [0.05, 0.1) is 17.4 Å². The number of hydrogen-bond acceptors (Lipinski definition) is 3. The normalized spacial score (nSPS) is 14.9. The first-order chi connectivity index (χ1) is 12.6. The molecule has 5 rings (SSSR count). The Hall–Kier alpha value is -2.37. The minimum Gasteiger partial charge on any atom is -0.312 e. The molecule has 0 N–H and O–H groups in total. The minimum absolute atomic E-state index is 1.02. The van der Waals surface area contributed by atoms with Gasteiger partial charge >= 0.3 is 0 Å². The molecule has 1 aliphatic heterocycles. The van der Waals surface area contributed by atoms with E-state index in [4.69, 9.17) is 0 Å². The first-order valence-electron chi connectivity index (χ1n) is 8.99. The standard InChI is InChI=1S/C21H22N4S/c1-14-4-5-19-16(8-14)17-11-23(2)7-6-20(17)25(19)21-13-26-12-18(21)15-9-22-24(3)10-15/h4-5,8-10,12-13H,6-7,11H2,1-3H3. The molecule has 0 fully saturated rings. The van der Waals surface area contributed by atoms with E-state index in [9.17, 15) is 0 Å². The molecule has 4 heterocycles. The molecule has 1 aromatic carbocycles. The minimum atomic E-state index is 1.02. The number of nitrogens with zero attached hydrogens (tertiary/aromatic N) is 4. The van der Waals surface area contributed by atoms with Crippen molar-refractivity contribution in [3.63, 3.8) is 0 Å². The molecule has 0 aliphatic carbocycles. The van der Waals surface area contributed by atoms with Crippen LogP contribution >= 0.6 is 11.3 Å². The van der Waals surface area contributed by atoms with Gasteiger partial charge in [-0.15, -0.1) is 11.3 Å². The van der Waals surface area contributed by atoms with Crippen LogP contribution in [-0.2, 0) is 20.0 Å². The van der Waals surface area contributed by atoms with E-state index < -0.39 is 0 Å². The van der Waals surface area contributed by atoms with Crippen molar-refractivity contribution >= 4 is 22.2 Å². The first-order valence-corrected chi connectivity index (χ1v) is 9.93. The number of thiophene rings is 1. The predicted octanol–water partition coefficient (Wildman–Crippen LogP) is 4.39. The van der Waals surface area contributed by atoms with Crippen LogP contribution in [0.3, 0.4) is 0 Å². The summed E-state index contributed by atoms with van der Waals surface area (Å²) in [5, 5.41) is 10.3. The summed E-state index contributed by atoms with van der Waals surface area (Å²) in [6.07, 6.45) is 5.14. The summed E-state index contributed by atoms with van der Waals surface area (Å²) in [5.41, 5.74) is 9.32. The maximum Gasteiger partial charge on any atom is 0.0645 e. The third kappa shape index (κ3) is 2.35. The van der Waals surface area contributed by atoms with E-state index in [-0.39, 0.29) is 0 Å². The Balaban J connectivity index is 1.80. The van der Waals surface area contributed by atoms with Crippen LogP contribution in [0.1, 0.15) is 16.8 Å². The van der Waals surface area contributed by atoms with Crippen molar-refractivity contribution in [1.82, 2.24) is 19.2 Å². The molecule has 4 nitrogen and oxygen atoms in total. The number of aromatic nitrogens is 3. The largest absolute Gasteiger partial charge is 0.312 e. The van der Waals surface area contributed by atoms with E-state index in [0.29, 0.717) is 0 Å². The molecule has 4 aromatic rings. The van der Waals surface area contributed by atoms with Crippen LogP contribution in [0.25, 0.3) is 27.7 Å². The van der Waals surface area contributed by atoms with Gasteiger partial charge in [0.25, 0.3) is 0 Å². The van der Waals surface area contributed by atoms with Crippen LogP contribution in [0, 0.1) is 6.92 Å². The number of rotatable bonds is 2. The van der Waals surface area contributed by atoms with Crippen molar-refractivity contribution < 1.29 is 0 Å². The van der Waals surface area contributed by atoms with Crippen molar-refractivity contribution in [2.45, 2.75) is 19.9 Å². The molecule has 0 spiro atoms. The zero-order valence-electron chi connectivity index (χ0n) is 15.4. The quantitative estimate of drug-likeness (QED) is 0.529. The molecular weight excluding hydrogens is 340 g/mol. The summed E-state index contributed by atoms with van der Waals surface area (Å²) in [4.78, 5) is 2.42. The fourth-order valence-electron chi connectivity index (χ4n) is 4.12. The number of fused-ring (bicyclic) bond motifs is 3. The van der Waals surface area contributed by atoms with Gasteiger partial charge in [0.1, 0.15) is 0 Å². The number of likely N-dealkylation sites (N-methyl/N-ethyl adjacent to an activating group) is 1. The second kappa shape index (κ2) is 5.83. The van der Waals surface area contributed by atoms with Gasteiger partial charge in [-0.3, -0.25) is 4.68 Å². The van der Waals surface area contributed by atoms with E-state index in [2.05, 4.69) is 63.7 Å². The van der Waals surface area contributed by atoms with Crippen LogP contribution < -0.4 is 0 Å². The van der Waals surface area contributed by atoms with E-state index in [0.717, 1.165) is 19.5 Å². The lowest BCUT2D eigenvalue weighted by molar-refractivity contribution is 0.311. The van der Waals surface area contributed by atoms with E-state index >= 15 is 0 Å². The fourth-order valence-corrected chi connectivity index (χ4v) is 4.94. The lowest BCUT2D eigenvalue weighted by atomic mass is 10.0. The van der Waals surface area contributed by atoms with Gasteiger partial charge < -0.3 is 9.47 Å². The third-order valence-corrected chi connectivity index (χ3v) is 6.12. The van der Waals surface area contributed by atoms with Gasteiger partial charge in [0.15, 0.2) is 0 Å². The highest BCUT2D eigenvalue weighted by Gasteiger charge is 2.24. The highest BCUT2D eigenvalue weighted by atomic mass is 32.1. The van der Waals surface area contributed by atoms with Crippen LogP contribution in [0.15, 0.2) is 41.4 Å². The average molecular weight is 363 g/mol. The molecule has 0 saturated heterocycles. The Morgan fingerprint density at radius 3 is 2.85 bits per heavy atom. The Morgan fingerprint density at radius 2 is 2.04 bits per heavy atom. The lowest BCUT2D eigenvalue weighted by Crippen LogP contribution is -2.27. The van der Waals surface area contributed by atoms with Crippen LogP contribution in [0.4, 0.5) is 0 Å². The Bertz CT molecular complexity index is 1110. The number of hydrogen-bond donors (Lipinski definition) is 0. The van der Waals surface area contributed by atoms with E-state index in [1.807, 2.05) is 17.9 Å². The van der Waals surface area contributed by atoms with Gasteiger partial charge in [-0.1, -0.05) is 11.6 Å². The summed E-state index contributed by atoms with van der Waals surface area (Å²) in [7, 11) is 4.19. The topological polar surface area (TPSA) is 26.0 Å². The molecule has 3 aromatic heterocycles. The molecular formula is C21H22N4S. The molecule has 0 amide bonds. The highest BCUT2D eigenvalue weighted by Crippen LogP contribution is 2.38. The molecule has 0 bridgehead atoms. The number of benzene rings is 1. The Labute approximate surface area is 157 Å². The molecule has 26 heavy (non-hydrogen) atoms. The van der Waals surface area contributed by atoms with Crippen molar-refractivity contribution in [2.75, 3.05) is 13.6 Å². The first kappa shape index (κ1) is 15.9. The summed E-state index contributed by atoms with van der Waals surface area (Å²) in [6, 6.07) is 6.86. The molecule has 0 unspecified atom stereocenters. The van der Waals surface area contributed by atoms with Gasteiger partial charge in [-0.2, -0.15) is 5.10 Å². The maximum absolute atomic E-state index is 4.37. The van der Waals surface area contributed by atoms with Crippen LogP contribution in [0.5, 0.6) is 0 Å². The number of aryl methyl sites for hydroxylation is 2. The van der Waals surface area contributed by atoms with Crippen molar-refractivity contribution in [3.8, 4) is 16.8 Å². The van der Waals surface area contributed by atoms with Crippen LogP contribution in [0.2, 0.25) is 0 Å². The van der Waals surface area contributed by atoms with Gasteiger partial charge in [0.2, 0.25) is 0 Å². The predicted molar refractivity (Wildman–Crippen MR) is 108 cm³/mol. The van der Waals surface area contributed by atoms with Crippen molar-refractivity contribution in [1.29, 1.82) is 0 Å². The molecule has 0 saturated carbocycles. The lowest BCUT2D eigenvalue weighted by Gasteiger charge is -2.24. The zero-order valence-corrected chi connectivity index (χ0v) is 16.2. The average Bonchev–Trinajstić information content (AvgIpc) is 3.31. The summed E-state index contributed by atoms with van der Waals surface area (Å²) >= 11 is 1.76. The second-order valence-corrected chi connectivity index (χ2v) is 8.09. The smallest absolute Gasteiger partial charge is 0.0645 e. The summed E-state index contributed by atoms with van der Waals surface area (Å²) in [6.45, 7) is 4.31. The van der Waals surface area contributed by atoms with Gasteiger partial charge in [-0.25, -0.2) is 0 Å². The SMILES string of the molecule is Cc1ccc2c(c1)c1c(n2-c2cscc2-c2cnn(C)c2)CCN(C)C1. The molecule has 0 atom stereocenters. The Kier molecular flexibility index (Phi) is 3.55. The summed E-state index contributed by atoms with van der Waals surface area (Å²) in [5.74, 6) is 0. The maximum atomic E-state index is 4.37. The molecule has 132 valence electrons. The van der Waals surface area contributed by atoms with E-state index in [1.54, 1.807) is 11.3 Å². The van der Waals surface area contributed by atoms with Crippen molar-refractivity contribution in [3.05, 3.63) is 58.2 Å². The molecule has 1 aliphatic rings. The molecule has 5 heteroatoms. The van der Waals surface area contributed by atoms with Gasteiger partial charge in [0, 0.05) is 65.7 Å². The second-order valence-electron chi connectivity index (χ2n) is 7.34. The monoisotopic (exact) mass is 362 g/mol. The van der Waals surface area contributed by atoms with Crippen LogP contribution in [-0.4, -0.2) is 32.8 Å².